The summed E-state index contributed by atoms with van der Waals surface area (Å²) in [5, 5.41) is 3.33. The lowest BCUT2D eigenvalue weighted by atomic mass is 10.1. The van der Waals surface area contributed by atoms with Crippen LogP contribution in [0.4, 0.5) is 11.6 Å². The molecule has 0 aliphatic carbocycles. The van der Waals surface area contributed by atoms with Crippen LogP contribution in [0, 0.1) is 0 Å². The summed E-state index contributed by atoms with van der Waals surface area (Å²) < 4.78 is 11.0. The third-order valence-electron chi connectivity index (χ3n) is 3.13. The number of ether oxygens (including phenoxy) is 2. The van der Waals surface area contributed by atoms with Crippen LogP contribution in [0.5, 0.6) is 0 Å². The average molecular weight is 266 g/mol. The second kappa shape index (κ2) is 6.68. The largest absolute Gasteiger partial charge is 0.384 e. The van der Waals surface area contributed by atoms with Gasteiger partial charge in [0.2, 0.25) is 0 Å². The van der Waals surface area contributed by atoms with Gasteiger partial charge < -0.3 is 20.5 Å². The zero-order valence-corrected chi connectivity index (χ0v) is 11.6. The summed E-state index contributed by atoms with van der Waals surface area (Å²) in [5.74, 6) is 1.78. The first-order valence-corrected chi connectivity index (χ1v) is 6.78. The Kier molecular flexibility index (Phi) is 4.93. The van der Waals surface area contributed by atoms with Crippen LogP contribution in [0.3, 0.4) is 0 Å². The van der Waals surface area contributed by atoms with Crippen LogP contribution in [0.1, 0.15) is 32.5 Å². The zero-order chi connectivity index (χ0) is 13.7. The van der Waals surface area contributed by atoms with Crippen LogP contribution < -0.4 is 11.1 Å². The molecule has 1 aliphatic rings. The number of hydrogen-bond acceptors (Lipinski definition) is 6. The molecule has 0 bridgehead atoms. The van der Waals surface area contributed by atoms with E-state index in [0.717, 1.165) is 25.3 Å². The summed E-state index contributed by atoms with van der Waals surface area (Å²) in [6.45, 7) is 5.89. The molecule has 1 fully saturated rings. The van der Waals surface area contributed by atoms with E-state index in [1.165, 1.54) is 0 Å². The molecule has 0 spiro atoms. The summed E-state index contributed by atoms with van der Waals surface area (Å²) in [7, 11) is 0. The van der Waals surface area contributed by atoms with Crippen molar-refractivity contribution < 1.29 is 9.47 Å². The molecule has 2 unspecified atom stereocenters. The van der Waals surface area contributed by atoms with Crippen molar-refractivity contribution in [3.63, 3.8) is 0 Å². The first kappa shape index (κ1) is 14.0. The molecule has 1 aromatic rings. The fourth-order valence-electron chi connectivity index (χ4n) is 2.17. The van der Waals surface area contributed by atoms with E-state index in [0.29, 0.717) is 24.9 Å². The Morgan fingerprint density at radius 2 is 2.42 bits per heavy atom. The van der Waals surface area contributed by atoms with E-state index in [9.17, 15) is 0 Å². The Labute approximate surface area is 113 Å². The van der Waals surface area contributed by atoms with E-state index in [1.807, 2.05) is 6.92 Å². The average Bonchev–Trinajstić information content (AvgIpc) is 2.89. The van der Waals surface area contributed by atoms with Crippen LogP contribution in [-0.2, 0) is 16.1 Å². The van der Waals surface area contributed by atoms with Gasteiger partial charge in [-0.2, -0.15) is 0 Å². The molecule has 1 saturated heterocycles. The van der Waals surface area contributed by atoms with Gasteiger partial charge in [-0.3, -0.25) is 0 Å². The number of nitrogens with zero attached hydrogens (tertiary/aromatic N) is 2. The number of rotatable bonds is 6. The van der Waals surface area contributed by atoms with Crippen molar-refractivity contribution in [2.45, 2.75) is 45.4 Å². The predicted molar refractivity (Wildman–Crippen MR) is 73.8 cm³/mol. The van der Waals surface area contributed by atoms with Crippen LogP contribution in [-0.4, -0.2) is 35.3 Å². The Morgan fingerprint density at radius 1 is 1.58 bits per heavy atom. The molecule has 1 aliphatic heterocycles. The van der Waals surface area contributed by atoms with Crippen LogP contribution in [0.15, 0.2) is 6.07 Å². The highest BCUT2D eigenvalue weighted by Gasteiger charge is 2.22. The summed E-state index contributed by atoms with van der Waals surface area (Å²) in [6, 6.07) is 1.94. The van der Waals surface area contributed by atoms with Crippen molar-refractivity contribution in [1.82, 2.24) is 9.97 Å². The van der Waals surface area contributed by atoms with Crippen molar-refractivity contribution >= 4 is 11.6 Å². The lowest BCUT2D eigenvalue weighted by Crippen LogP contribution is -2.30. The van der Waals surface area contributed by atoms with Gasteiger partial charge in [-0.1, -0.05) is 0 Å². The van der Waals surface area contributed by atoms with Crippen molar-refractivity contribution in [1.29, 1.82) is 0 Å². The minimum atomic E-state index is 0.205. The Morgan fingerprint density at radius 3 is 3.11 bits per heavy atom. The minimum absolute atomic E-state index is 0.205. The monoisotopic (exact) mass is 266 g/mol. The predicted octanol–water partition coefficient (Wildman–Crippen LogP) is 1.57. The molecule has 19 heavy (non-hydrogen) atoms. The third-order valence-corrected chi connectivity index (χ3v) is 3.13. The SMILES string of the molecule is CCOCc1nc(N)cc(NC(C)C2CCCO2)n1. The topological polar surface area (TPSA) is 82.3 Å². The normalized spacial score (nSPS) is 20.4. The molecule has 0 saturated carbocycles. The van der Waals surface area contributed by atoms with Gasteiger partial charge in [-0.25, -0.2) is 9.97 Å². The number of nitrogen functional groups attached to an aromatic ring is 1. The van der Waals surface area contributed by atoms with E-state index in [-0.39, 0.29) is 12.1 Å². The van der Waals surface area contributed by atoms with Gasteiger partial charge in [0.15, 0.2) is 5.82 Å². The van der Waals surface area contributed by atoms with Gasteiger partial charge in [0.1, 0.15) is 18.2 Å². The van der Waals surface area contributed by atoms with Gasteiger partial charge in [-0.15, -0.1) is 0 Å². The molecule has 2 atom stereocenters. The molecule has 0 aromatic carbocycles. The molecule has 6 heteroatoms. The number of hydrogen-bond donors (Lipinski definition) is 2. The van der Waals surface area contributed by atoms with E-state index < -0.39 is 0 Å². The highest BCUT2D eigenvalue weighted by Crippen LogP contribution is 2.19. The third kappa shape index (κ3) is 4.04. The molecule has 3 N–H and O–H groups in total. The van der Waals surface area contributed by atoms with E-state index in [2.05, 4.69) is 22.2 Å². The maximum Gasteiger partial charge on any atom is 0.158 e. The van der Waals surface area contributed by atoms with Gasteiger partial charge in [0.25, 0.3) is 0 Å². The molecule has 106 valence electrons. The summed E-state index contributed by atoms with van der Waals surface area (Å²) >= 11 is 0. The van der Waals surface area contributed by atoms with Gasteiger partial charge in [0.05, 0.1) is 12.1 Å². The highest BCUT2D eigenvalue weighted by atomic mass is 16.5. The summed E-state index contributed by atoms with van der Waals surface area (Å²) in [4.78, 5) is 8.55. The van der Waals surface area contributed by atoms with E-state index in [4.69, 9.17) is 15.2 Å². The Bertz CT molecular complexity index is 408. The smallest absolute Gasteiger partial charge is 0.158 e. The fraction of sp³-hybridized carbons (Fsp3) is 0.692. The van der Waals surface area contributed by atoms with Crippen LogP contribution in [0.2, 0.25) is 0 Å². The summed E-state index contributed by atoms with van der Waals surface area (Å²) in [5.41, 5.74) is 5.78. The van der Waals surface area contributed by atoms with Crippen LogP contribution >= 0.6 is 0 Å². The van der Waals surface area contributed by atoms with Gasteiger partial charge in [0, 0.05) is 19.3 Å². The first-order chi connectivity index (χ1) is 9.19. The van der Waals surface area contributed by atoms with Crippen LogP contribution in [0.25, 0.3) is 0 Å². The second-order valence-electron chi connectivity index (χ2n) is 4.72. The number of nitrogens with one attached hydrogen (secondary N) is 1. The molecule has 0 radical (unpaired) electrons. The van der Waals surface area contributed by atoms with Crippen molar-refractivity contribution in [3.05, 3.63) is 11.9 Å². The molecule has 0 amide bonds. The zero-order valence-electron chi connectivity index (χ0n) is 11.6. The number of aromatic nitrogens is 2. The highest BCUT2D eigenvalue weighted by molar-refractivity contribution is 5.45. The molecular weight excluding hydrogens is 244 g/mol. The maximum atomic E-state index is 5.78. The molecule has 1 aromatic heterocycles. The molecule has 2 rings (SSSR count). The van der Waals surface area contributed by atoms with Gasteiger partial charge in [-0.05, 0) is 26.7 Å². The fourth-order valence-corrected chi connectivity index (χ4v) is 2.17. The lowest BCUT2D eigenvalue weighted by molar-refractivity contribution is 0.0995. The standard InChI is InChI=1S/C13H22N4O2/c1-3-18-8-13-16-11(14)7-12(17-13)15-9(2)10-5-4-6-19-10/h7,9-10H,3-6,8H2,1-2H3,(H3,14,15,16,17). The Hall–Kier alpha value is -1.40. The van der Waals surface area contributed by atoms with Crippen molar-refractivity contribution in [2.24, 2.45) is 0 Å². The van der Waals surface area contributed by atoms with Crippen molar-refractivity contribution in [3.8, 4) is 0 Å². The quantitative estimate of drug-likeness (QED) is 0.813. The number of anilines is 2. The van der Waals surface area contributed by atoms with E-state index >= 15 is 0 Å². The summed E-state index contributed by atoms with van der Waals surface area (Å²) in [6.07, 6.45) is 2.45. The Balaban J connectivity index is 2.00. The van der Waals surface area contributed by atoms with Crippen molar-refractivity contribution in [2.75, 3.05) is 24.3 Å². The molecule has 2 heterocycles. The van der Waals surface area contributed by atoms with E-state index in [1.54, 1.807) is 6.07 Å². The van der Waals surface area contributed by atoms with Gasteiger partial charge >= 0.3 is 0 Å². The second-order valence-corrected chi connectivity index (χ2v) is 4.72. The minimum Gasteiger partial charge on any atom is -0.384 e. The first-order valence-electron chi connectivity index (χ1n) is 6.78. The molecule has 6 nitrogen and oxygen atoms in total. The number of nitrogens with two attached hydrogens (primary N) is 1. The maximum absolute atomic E-state index is 5.78. The molecular formula is C13H22N4O2. The lowest BCUT2D eigenvalue weighted by Gasteiger charge is -2.20.